The number of carboxylic acid groups (broad SMARTS) is 1. The number of aryl methyl sites for hydroxylation is 1. The van der Waals surface area contributed by atoms with Crippen LogP contribution in [0.2, 0.25) is 0 Å². The summed E-state index contributed by atoms with van der Waals surface area (Å²) < 4.78 is 0. The number of amides is 1. The Morgan fingerprint density at radius 1 is 1.35 bits per heavy atom. The Hall–Kier alpha value is -1.97. The molecule has 0 heterocycles. The van der Waals surface area contributed by atoms with Crippen molar-refractivity contribution in [2.75, 3.05) is 0 Å². The number of aliphatic carboxylic acids is 1. The first-order chi connectivity index (χ1) is 8.08. The highest BCUT2D eigenvalue weighted by molar-refractivity contribution is 5.87. The summed E-state index contributed by atoms with van der Waals surface area (Å²) in [6.45, 7) is 2.00. The predicted octanol–water partition coefficient (Wildman–Crippen LogP) is 2.00. The predicted molar refractivity (Wildman–Crippen MR) is 65.3 cm³/mol. The number of carbonyl (C=O) groups excluding carboxylic acids is 1. The second-order valence-corrected chi connectivity index (χ2v) is 3.79. The molecule has 90 valence electrons. The molecule has 0 unspecified atom stereocenters. The maximum atomic E-state index is 11.1. The van der Waals surface area contributed by atoms with E-state index in [4.69, 9.17) is 5.11 Å². The fourth-order valence-corrected chi connectivity index (χ4v) is 1.37. The van der Waals surface area contributed by atoms with Gasteiger partial charge in [0.2, 0.25) is 5.91 Å². The lowest BCUT2D eigenvalue weighted by molar-refractivity contribution is -0.138. The molecule has 1 aromatic rings. The molecule has 0 aliphatic rings. The number of aliphatic imine (C=N–C) groups is 1. The van der Waals surface area contributed by atoms with Gasteiger partial charge in [0.15, 0.2) is 0 Å². The zero-order valence-electron chi connectivity index (χ0n) is 9.72. The van der Waals surface area contributed by atoms with Gasteiger partial charge < -0.3 is 5.11 Å². The van der Waals surface area contributed by atoms with Crippen LogP contribution in [0.4, 0.5) is 0 Å². The normalized spacial score (nSPS) is 10.6. The lowest BCUT2D eigenvalue weighted by Gasteiger charge is -1.97. The molecule has 1 aromatic carbocycles. The highest BCUT2D eigenvalue weighted by atomic mass is 16.4. The van der Waals surface area contributed by atoms with Gasteiger partial charge in [-0.3, -0.25) is 9.59 Å². The summed E-state index contributed by atoms with van der Waals surface area (Å²) in [6.07, 6.45) is 1.90. The van der Waals surface area contributed by atoms with Crippen molar-refractivity contribution in [3.8, 4) is 0 Å². The molecule has 0 saturated heterocycles. The topological polar surface area (TPSA) is 66.7 Å². The Labute approximate surface area is 100.0 Å². The molecule has 0 saturated carbocycles. The van der Waals surface area contributed by atoms with Crippen molar-refractivity contribution in [2.45, 2.75) is 26.2 Å². The van der Waals surface area contributed by atoms with Gasteiger partial charge in [-0.15, -0.1) is 0 Å². The summed E-state index contributed by atoms with van der Waals surface area (Å²) in [5, 5.41) is 8.39. The zero-order valence-corrected chi connectivity index (χ0v) is 9.72. The molecule has 0 fully saturated rings. The molecule has 0 atom stereocenters. The average Bonchev–Trinajstić information content (AvgIpc) is 2.26. The largest absolute Gasteiger partial charge is 0.481 e. The van der Waals surface area contributed by atoms with E-state index >= 15 is 0 Å². The third kappa shape index (κ3) is 5.61. The molecule has 4 nitrogen and oxygen atoms in total. The minimum atomic E-state index is -0.979. The summed E-state index contributed by atoms with van der Waals surface area (Å²) in [5.41, 5.74) is 2.24. The first kappa shape index (κ1) is 13.1. The Balaban J connectivity index is 2.39. The Morgan fingerprint density at radius 3 is 2.76 bits per heavy atom. The Kier molecular flexibility index (Phi) is 5.07. The van der Waals surface area contributed by atoms with E-state index in [0.29, 0.717) is 6.42 Å². The van der Waals surface area contributed by atoms with Crippen LogP contribution in [0.3, 0.4) is 0 Å². The quantitative estimate of drug-likeness (QED) is 0.791. The van der Waals surface area contributed by atoms with Gasteiger partial charge in [0.25, 0.3) is 0 Å². The smallest absolute Gasteiger partial charge is 0.303 e. The lowest BCUT2D eigenvalue weighted by Crippen LogP contribution is -2.01. The lowest BCUT2D eigenvalue weighted by atomic mass is 10.1. The summed E-state index contributed by atoms with van der Waals surface area (Å²) >= 11 is 0. The third-order valence-electron chi connectivity index (χ3n) is 2.20. The summed E-state index contributed by atoms with van der Waals surface area (Å²) in [4.78, 5) is 25.1. The van der Waals surface area contributed by atoms with Crippen molar-refractivity contribution in [1.82, 2.24) is 0 Å². The van der Waals surface area contributed by atoms with Crippen molar-refractivity contribution >= 4 is 18.1 Å². The molecule has 1 rings (SSSR count). The van der Waals surface area contributed by atoms with Crippen LogP contribution in [0.25, 0.3) is 0 Å². The van der Waals surface area contributed by atoms with E-state index in [1.54, 1.807) is 0 Å². The van der Waals surface area contributed by atoms with Crippen LogP contribution in [0.1, 0.15) is 24.0 Å². The molecule has 0 bridgehead atoms. The van der Waals surface area contributed by atoms with Crippen LogP contribution < -0.4 is 0 Å². The van der Waals surface area contributed by atoms with Gasteiger partial charge in [-0.2, -0.15) is 0 Å². The molecule has 17 heavy (non-hydrogen) atoms. The molecule has 0 aromatic heterocycles. The SMILES string of the molecule is Cc1cccc(C/C=N\C(=O)CCC(=O)O)c1. The number of nitrogens with zero attached hydrogens (tertiary/aromatic N) is 1. The Bertz CT molecular complexity index is 438. The highest BCUT2D eigenvalue weighted by Crippen LogP contribution is 2.03. The van der Waals surface area contributed by atoms with E-state index in [1.165, 1.54) is 6.21 Å². The van der Waals surface area contributed by atoms with E-state index in [-0.39, 0.29) is 18.7 Å². The molecule has 0 radical (unpaired) electrons. The number of rotatable bonds is 5. The number of carbonyl (C=O) groups is 2. The maximum absolute atomic E-state index is 11.1. The molecule has 1 N–H and O–H groups in total. The average molecular weight is 233 g/mol. The van der Waals surface area contributed by atoms with Crippen LogP contribution in [0, 0.1) is 6.92 Å². The molecule has 0 spiro atoms. The number of hydrogen-bond donors (Lipinski definition) is 1. The van der Waals surface area contributed by atoms with Crippen LogP contribution in [-0.2, 0) is 16.0 Å². The van der Waals surface area contributed by atoms with Gasteiger partial charge in [-0.1, -0.05) is 29.8 Å². The van der Waals surface area contributed by atoms with Crippen molar-refractivity contribution < 1.29 is 14.7 Å². The van der Waals surface area contributed by atoms with Crippen molar-refractivity contribution in [1.29, 1.82) is 0 Å². The second kappa shape index (κ2) is 6.58. The molecule has 4 heteroatoms. The number of benzene rings is 1. The summed E-state index contributed by atoms with van der Waals surface area (Å²) in [5.74, 6) is -1.37. The minimum absolute atomic E-state index is 0.0420. The molecule has 0 aliphatic carbocycles. The third-order valence-corrected chi connectivity index (χ3v) is 2.20. The van der Waals surface area contributed by atoms with Crippen LogP contribution >= 0.6 is 0 Å². The van der Waals surface area contributed by atoms with Gasteiger partial charge in [-0.25, -0.2) is 4.99 Å². The number of carboxylic acids is 1. The summed E-state index contributed by atoms with van der Waals surface area (Å²) in [6, 6.07) is 7.93. The van der Waals surface area contributed by atoms with E-state index in [9.17, 15) is 9.59 Å². The van der Waals surface area contributed by atoms with Gasteiger partial charge >= 0.3 is 5.97 Å². The van der Waals surface area contributed by atoms with Crippen LogP contribution in [-0.4, -0.2) is 23.2 Å². The molecular formula is C13H15NO3. The van der Waals surface area contributed by atoms with Gasteiger partial charge in [0.05, 0.1) is 6.42 Å². The zero-order chi connectivity index (χ0) is 12.7. The van der Waals surface area contributed by atoms with E-state index < -0.39 is 5.97 Å². The van der Waals surface area contributed by atoms with Gasteiger partial charge in [-0.05, 0) is 12.5 Å². The van der Waals surface area contributed by atoms with Crippen molar-refractivity contribution in [3.63, 3.8) is 0 Å². The standard InChI is InChI=1S/C13H15NO3/c1-10-3-2-4-11(9-10)7-8-14-12(15)5-6-13(16)17/h2-4,8-9H,5-7H2,1H3,(H,16,17)/b14-8-. The van der Waals surface area contributed by atoms with E-state index in [1.807, 2.05) is 31.2 Å². The fraction of sp³-hybridized carbons (Fsp3) is 0.308. The van der Waals surface area contributed by atoms with Gasteiger partial charge in [0, 0.05) is 19.1 Å². The van der Waals surface area contributed by atoms with Crippen LogP contribution in [0.5, 0.6) is 0 Å². The van der Waals surface area contributed by atoms with E-state index in [0.717, 1.165) is 11.1 Å². The fourth-order valence-electron chi connectivity index (χ4n) is 1.37. The molecule has 1 amide bonds. The van der Waals surface area contributed by atoms with Crippen molar-refractivity contribution in [2.24, 2.45) is 4.99 Å². The first-order valence-electron chi connectivity index (χ1n) is 5.40. The number of hydrogen-bond acceptors (Lipinski definition) is 2. The summed E-state index contributed by atoms with van der Waals surface area (Å²) in [7, 11) is 0. The van der Waals surface area contributed by atoms with Crippen LogP contribution in [0.15, 0.2) is 29.3 Å². The first-order valence-corrected chi connectivity index (χ1v) is 5.40. The van der Waals surface area contributed by atoms with Gasteiger partial charge in [0.1, 0.15) is 0 Å². The minimum Gasteiger partial charge on any atom is -0.481 e. The monoisotopic (exact) mass is 233 g/mol. The highest BCUT2D eigenvalue weighted by Gasteiger charge is 2.02. The maximum Gasteiger partial charge on any atom is 0.303 e. The molecule has 0 aliphatic heterocycles. The molecular weight excluding hydrogens is 218 g/mol. The van der Waals surface area contributed by atoms with E-state index in [2.05, 4.69) is 4.99 Å². The van der Waals surface area contributed by atoms with Crippen molar-refractivity contribution in [3.05, 3.63) is 35.4 Å². The Morgan fingerprint density at radius 2 is 2.12 bits per heavy atom. The second-order valence-electron chi connectivity index (χ2n) is 3.79.